The van der Waals surface area contributed by atoms with E-state index in [4.69, 9.17) is 9.47 Å². The van der Waals surface area contributed by atoms with Crippen molar-refractivity contribution < 1.29 is 13.9 Å². The molecule has 21 heavy (non-hydrogen) atoms. The lowest BCUT2D eigenvalue weighted by atomic mass is 10.1. The maximum absolute atomic E-state index is 13.1. The van der Waals surface area contributed by atoms with Gasteiger partial charge >= 0.3 is 0 Å². The van der Waals surface area contributed by atoms with E-state index in [9.17, 15) is 4.39 Å². The summed E-state index contributed by atoms with van der Waals surface area (Å²) in [7, 11) is 1.62. The van der Waals surface area contributed by atoms with Gasteiger partial charge in [0.25, 0.3) is 0 Å². The fraction of sp³-hybridized carbons (Fsp3) is 0.294. The summed E-state index contributed by atoms with van der Waals surface area (Å²) < 4.78 is 23.9. The molecule has 1 N–H and O–H groups in total. The van der Waals surface area contributed by atoms with Gasteiger partial charge < -0.3 is 14.8 Å². The molecular weight excluding hydrogens is 269 g/mol. The van der Waals surface area contributed by atoms with Gasteiger partial charge in [-0.15, -0.1) is 0 Å². The minimum Gasteiger partial charge on any atom is -0.493 e. The van der Waals surface area contributed by atoms with Crippen LogP contribution < -0.4 is 14.8 Å². The van der Waals surface area contributed by atoms with E-state index < -0.39 is 0 Å². The Bertz CT molecular complexity index is 614. The number of ether oxygens (including phenoxy) is 2. The van der Waals surface area contributed by atoms with E-state index in [2.05, 4.69) is 5.32 Å². The number of rotatable bonds is 6. The number of anilines is 1. The summed E-state index contributed by atoms with van der Waals surface area (Å²) in [6, 6.07) is 10.5. The Balaban J connectivity index is 2.10. The molecule has 2 rings (SSSR count). The number of hydrogen-bond acceptors (Lipinski definition) is 3. The van der Waals surface area contributed by atoms with Gasteiger partial charge in [-0.05, 0) is 55.3 Å². The van der Waals surface area contributed by atoms with Crippen molar-refractivity contribution in [1.29, 1.82) is 0 Å². The van der Waals surface area contributed by atoms with Crippen molar-refractivity contribution in [3.63, 3.8) is 0 Å². The van der Waals surface area contributed by atoms with Crippen molar-refractivity contribution in [2.75, 3.05) is 19.0 Å². The first-order chi connectivity index (χ1) is 10.1. The average molecular weight is 289 g/mol. The third-order valence-electron chi connectivity index (χ3n) is 3.20. The number of methoxy groups -OCH3 is 1. The number of halogens is 1. The topological polar surface area (TPSA) is 30.5 Å². The predicted octanol–water partition coefficient (Wildman–Crippen LogP) is 4.15. The van der Waals surface area contributed by atoms with Crippen LogP contribution in [0.25, 0.3) is 0 Å². The van der Waals surface area contributed by atoms with E-state index >= 15 is 0 Å². The number of benzene rings is 2. The molecule has 2 aromatic carbocycles. The van der Waals surface area contributed by atoms with Gasteiger partial charge in [0.2, 0.25) is 0 Å². The van der Waals surface area contributed by atoms with E-state index in [1.165, 1.54) is 12.1 Å². The second-order valence-electron chi connectivity index (χ2n) is 4.73. The third kappa shape index (κ3) is 3.88. The highest BCUT2D eigenvalue weighted by Crippen LogP contribution is 2.28. The SMILES string of the molecule is CCOc1cc(CNc2ccc(F)cc2C)ccc1OC. The van der Waals surface area contributed by atoms with Crippen molar-refractivity contribution in [3.8, 4) is 11.5 Å². The lowest BCUT2D eigenvalue weighted by molar-refractivity contribution is 0.310. The molecule has 0 aromatic heterocycles. The van der Waals surface area contributed by atoms with Crippen molar-refractivity contribution >= 4 is 5.69 Å². The standard InChI is InChI=1S/C17H20FNO2/c1-4-21-17-10-13(5-8-16(17)20-3)11-19-15-7-6-14(18)9-12(15)2/h5-10,19H,4,11H2,1-3H3. The molecule has 0 atom stereocenters. The zero-order valence-electron chi connectivity index (χ0n) is 12.6. The monoisotopic (exact) mass is 289 g/mol. The van der Waals surface area contributed by atoms with Gasteiger partial charge in [0.1, 0.15) is 5.82 Å². The zero-order valence-corrected chi connectivity index (χ0v) is 12.6. The summed E-state index contributed by atoms with van der Waals surface area (Å²) in [6.07, 6.45) is 0. The highest BCUT2D eigenvalue weighted by molar-refractivity contribution is 5.51. The Morgan fingerprint density at radius 2 is 1.90 bits per heavy atom. The first-order valence-electron chi connectivity index (χ1n) is 6.93. The van der Waals surface area contributed by atoms with Gasteiger partial charge in [-0.1, -0.05) is 6.07 Å². The van der Waals surface area contributed by atoms with Crippen LogP contribution in [0, 0.1) is 12.7 Å². The van der Waals surface area contributed by atoms with Crippen LogP contribution in [0.1, 0.15) is 18.1 Å². The Morgan fingerprint density at radius 1 is 1.10 bits per heavy atom. The Morgan fingerprint density at radius 3 is 2.57 bits per heavy atom. The first-order valence-corrected chi connectivity index (χ1v) is 6.93. The highest BCUT2D eigenvalue weighted by Gasteiger charge is 2.06. The molecule has 0 aliphatic carbocycles. The van der Waals surface area contributed by atoms with Crippen molar-refractivity contribution in [1.82, 2.24) is 0 Å². The van der Waals surface area contributed by atoms with Gasteiger partial charge in [-0.3, -0.25) is 0 Å². The van der Waals surface area contributed by atoms with Crippen molar-refractivity contribution in [2.24, 2.45) is 0 Å². The van der Waals surface area contributed by atoms with E-state index in [-0.39, 0.29) is 5.82 Å². The largest absolute Gasteiger partial charge is 0.493 e. The molecule has 0 amide bonds. The molecule has 0 heterocycles. The molecule has 0 radical (unpaired) electrons. The third-order valence-corrected chi connectivity index (χ3v) is 3.20. The molecule has 0 saturated carbocycles. The minimum atomic E-state index is -0.221. The first kappa shape index (κ1) is 15.2. The normalized spacial score (nSPS) is 10.3. The molecule has 0 saturated heterocycles. The van der Waals surface area contributed by atoms with Crippen LogP contribution in [0.5, 0.6) is 11.5 Å². The van der Waals surface area contributed by atoms with E-state index in [0.717, 1.165) is 28.3 Å². The molecule has 0 unspecified atom stereocenters. The van der Waals surface area contributed by atoms with E-state index in [1.807, 2.05) is 32.0 Å². The summed E-state index contributed by atoms with van der Waals surface area (Å²) in [5.41, 5.74) is 2.88. The van der Waals surface area contributed by atoms with Gasteiger partial charge in [-0.2, -0.15) is 0 Å². The zero-order chi connectivity index (χ0) is 15.2. The lowest BCUT2D eigenvalue weighted by Gasteiger charge is -2.13. The summed E-state index contributed by atoms with van der Waals surface area (Å²) in [5, 5.41) is 3.30. The average Bonchev–Trinajstić information content (AvgIpc) is 2.47. The van der Waals surface area contributed by atoms with E-state index in [1.54, 1.807) is 13.2 Å². The Hall–Kier alpha value is -2.23. The molecule has 0 aliphatic heterocycles. The lowest BCUT2D eigenvalue weighted by Crippen LogP contribution is -2.03. The molecular formula is C17H20FNO2. The minimum absolute atomic E-state index is 0.221. The maximum Gasteiger partial charge on any atom is 0.161 e. The second kappa shape index (κ2) is 6.97. The second-order valence-corrected chi connectivity index (χ2v) is 4.73. The molecule has 0 aliphatic rings. The van der Waals surface area contributed by atoms with Crippen LogP contribution >= 0.6 is 0 Å². The Kier molecular flexibility index (Phi) is 5.04. The fourth-order valence-corrected chi connectivity index (χ4v) is 2.12. The molecule has 2 aromatic rings. The maximum atomic E-state index is 13.1. The molecule has 3 nitrogen and oxygen atoms in total. The number of nitrogens with one attached hydrogen (secondary N) is 1. The van der Waals surface area contributed by atoms with E-state index in [0.29, 0.717) is 13.2 Å². The summed E-state index contributed by atoms with van der Waals surface area (Å²) in [5.74, 6) is 1.23. The van der Waals surface area contributed by atoms with Crippen LogP contribution in [-0.2, 0) is 6.54 Å². The van der Waals surface area contributed by atoms with Gasteiger partial charge in [-0.25, -0.2) is 4.39 Å². The molecule has 4 heteroatoms. The molecule has 112 valence electrons. The molecule has 0 fully saturated rings. The van der Waals surface area contributed by atoms with Crippen molar-refractivity contribution in [3.05, 3.63) is 53.3 Å². The van der Waals surface area contributed by atoms with Crippen LogP contribution in [0.3, 0.4) is 0 Å². The van der Waals surface area contributed by atoms with Crippen LogP contribution in [0.2, 0.25) is 0 Å². The predicted molar refractivity (Wildman–Crippen MR) is 82.6 cm³/mol. The number of aryl methyl sites for hydroxylation is 1. The van der Waals surface area contributed by atoms with Gasteiger partial charge in [0, 0.05) is 12.2 Å². The van der Waals surface area contributed by atoms with Crippen LogP contribution in [-0.4, -0.2) is 13.7 Å². The Labute approximate surface area is 124 Å². The summed E-state index contributed by atoms with van der Waals surface area (Å²) in [4.78, 5) is 0. The van der Waals surface area contributed by atoms with Gasteiger partial charge in [0.15, 0.2) is 11.5 Å². The smallest absolute Gasteiger partial charge is 0.161 e. The van der Waals surface area contributed by atoms with Crippen molar-refractivity contribution in [2.45, 2.75) is 20.4 Å². The van der Waals surface area contributed by atoms with Crippen LogP contribution in [0.15, 0.2) is 36.4 Å². The fourth-order valence-electron chi connectivity index (χ4n) is 2.12. The van der Waals surface area contributed by atoms with Crippen LogP contribution in [0.4, 0.5) is 10.1 Å². The summed E-state index contributed by atoms with van der Waals surface area (Å²) in [6.45, 7) is 5.04. The molecule has 0 spiro atoms. The quantitative estimate of drug-likeness (QED) is 0.866. The summed E-state index contributed by atoms with van der Waals surface area (Å²) >= 11 is 0. The molecule has 0 bridgehead atoms. The highest BCUT2D eigenvalue weighted by atomic mass is 19.1. The van der Waals surface area contributed by atoms with Gasteiger partial charge in [0.05, 0.1) is 13.7 Å². The number of hydrogen-bond donors (Lipinski definition) is 1.